The van der Waals surface area contributed by atoms with Crippen molar-refractivity contribution in [1.82, 2.24) is 0 Å². The standard InChI is InChI=1S/C9H9BO2/c1-7-6-8-4-2-3-5-9(8)12-10(7)11/h2-6,11H,1H3. The van der Waals surface area contributed by atoms with Crippen LogP contribution < -0.4 is 4.65 Å². The third-order valence-corrected chi connectivity index (χ3v) is 1.93. The molecule has 60 valence electrons. The van der Waals surface area contributed by atoms with Gasteiger partial charge in [0.2, 0.25) is 0 Å². The maximum atomic E-state index is 9.33. The van der Waals surface area contributed by atoms with Gasteiger partial charge in [-0.1, -0.05) is 24.3 Å². The summed E-state index contributed by atoms with van der Waals surface area (Å²) >= 11 is 0. The first kappa shape index (κ1) is 7.43. The second kappa shape index (κ2) is 2.68. The maximum absolute atomic E-state index is 9.33. The van der Waals surface area contributed by atoms with E-state index >= 15 is 0 Å². The van der Waals surface area contributed by atoms with E-state index in [-0.39, 0.29) is 0 Å². The summed E-state index contributed by atoms with van der Waals surface area (Å²) in [5.41, 5.74) is 1.87. The topological polar surface area (TPSA) is 29.5 Å². The van der Waals surface area contributed by atoms with Gasteiger partial charge in [0, 0.05) is 5.56 Å². The minimum Gasteiger partial charge on any atom is -0.532 e. The van der Waals surface area contributed by atoms with Crippen molar-refractivity contribution in [3.8, 4) is 5.75 Å². The molecular formula is C9H9BO2. The molecule has 12 heavy (non-hydrogen) atoms. The van der Waals surface area contributed by atoms with Crippen LogP contribution in [0.1, 0.15) is 12.5 Å². The first-order valence-corrected chi connectivity index (χ1v) is 3.89. The summed E-state index contributed by atoms with van der Waals surface area (Å²) in [5.74, 6) is 0.746. The van der Waals surface area contributed by atoms with Gasteiger partial charge in [-0.2, -0.15) is 0 Å². The van der Waals surface area contributed by atoms with Crippen LogP contribution in [-0.4, -0.2) is 12.1 Å². The van der Waals surface area contributed by atoms with Crippen LogP contribution >= 0.6 is 0 Å². The molecule has 0 radical (unpaired) electrons. The number of rotatable bonds is 0. The SMILES string of the molecule is CC1=Cc2ccccc2OB1O. The van der Waals surface area contributed by atoms with E-state index in [2.05, 4.69) is 0 Å². The Morgan fingerprint density at radius 1 is 1.33 bits per heavy atom. The number of benzene rings is 1. The molecule has 0 aromatic heterocycles. The zero-order valence-electron chi connectivity index (χ0n) is 6.82. The van der Waals surface area contributed by atoms with Gasteiger partial charge in [-0.15, -0.1) is 0 Å². The number of fused-ring (bicyclic) bond motifs is 1. The molecule has 0 unspecified atom stereocenters. The number of hydrogen-bond donors (Lipinski definition) is 1. The van der Waals surface area contributed by atoms with Gasteiger partial charge in [-0.25, -0.2) is 0 Å². The first-order chi connectivity index (χ1) is 5.77. The maximum Gasteiger partial charge on any atom is 0.555 e. The lowest BCUT2D eigenvalue weighted by atomic mass is 9.77. The molecule has 0 amide bonds. The van der Waals surface area contributed by atoms with E-state index in [1.54, 1.807) is 0 Å². The van der Waals surface area contributed by atoms with E-state index in [1.807, 2.05) is 37.3 Å². The van der Waals surface area contributed by atoms with E-state index < -0.39 is 7.12 Å². The third kappa shape index (κ3) is 1.12. The quantitative estimate of drug-likeness (QED) is 0.582. The van der Waals surface area contributed by atoms with Gasteiger partial charge in [0.05, 0.1) is 0 Å². The normalized spacial score (nSPS) is 14.8. The second-order valence-electron chi connectivity index (χ2n) is 2.90. The average Bonchev–Trinajstić information content (AvgIpc) is 2.07. The second-order valence-corrected chi connectivity index (χ2v) is 2.90. The molecule has 0 fully saturated rings. The molecule has 3 heteroatoms. The van der Waals surface area contributed by atoms with Crippen LogP contribution in [0.25, 0.3) is 6.08 Å². The molecule has 1 heterocycles. The van der Waals surface area contributed by atoms with Crippen molar-refractivity contribution in [2.75, 3.05) is 0 Å². The molecular weight excluding hydrogens is 151 g/mol. The van der Waals surface area contributed by atoms with Crippen molar-refractivity contribution in [2.45, 2.75) is 6.92 Å². The minimum atomic E-state index is -0.778. The summed E-state index contributed by atoms with van der Waals surface area (Å²) in [6.45, 7) is 1.85. The van der Waals surface area contributed by atoms with Crippen molar-refractivity contribution in [3.05, 3.63) is 35.3 Å². The molecule has 0 spiro atoms. The lowest BCUT2D eigenvalue weighted by Gasteiger charge is -2.17. The molecule has 0 bridgehead atoms. The van der Waals surface area contributed by atoms with Crippen LogP contribution in [-0.2, 0) is 0 Å². The van der Waals surface area contributed by atoms with Crippen LogP contribution in [0.15, 0.2) is 29.7 Å². The van der Waals surface area contributed by atoms with E-state index in [9.17, 15) is 5.02 Å². The summed E-state index contributed by atoms with van der Waals surface area (Å²) in [6.07, 6.45) is 1.93. The summed E-state index contributed by atoms with van der Waals surface area (Å²) in [4.78, 5) is 0. The molecule has 1 aliphatic heterocycles. The zero-order valence-corrected chi connectivity index (χ0v) is 6.82. The fraction of sp³-hybridized carbons (Fsp3) is 0.111. The lowest BCUT2D eigenvalue weighted by Crippen LogP contribution is -2.26. The Morgan fingerprint density at radius 2 is 2.08 bits per heavy atom. The number of para-hydroxylation sites is 1. The minimum absolute atomic E-state index is 0.746. The molecule has 0 saturated carbocycles. The Kier molecular flexibility index (Phi) is 1.66. The van der Waals surface area contributed by atoms with Gasteiger partial charge in [-0.3, -0.25) is 0 Å². The highest BCUT2D eigenvalue weighted by atomic mass is 16.5. The van der Waals surface area contributed by atoms with Crippen LogP contribution in [0, 0.1) is 0 Å². The van der Waals surface area contributed by atoms with Crippen molar-refractivity contribution in [3.63, 3.8) is 0 Å². The molecule has 0 saturated heterocycles. The zero-order chi connectivity index (χ0) is 8.55. The lowest BCUT2D eigenvalue weighted by molar-refractivity contribution is 0.423. The molecule has 2 rings (SSSR count). The Hall–Kier alpha value is -1.22. The molecule has 1 N–H and O–H groups in total. The summed E-state index contributed by atoms with van der Waals surface area (Å²) in [7, 11) is -0.778. The van der Waals surface area contributed by atoms with Crippen molar-refractivity contribution in [2.24, 2.45) is 0 Å². The van der Waals surface area contributed by atoms with Gasteiger partial charge in [-0.05, 0) is 18.5 Å². The van der Waals surface area contributed by atoms with Crippen LogP contribution in [0.3, 0.4) is 0 Å². The van der Waals surface area contributed by atoms with Crippen LogP contribution in [0.5, 0.6) is 5.75 Å². The summed E-state index contributed by atoms with van der Waals surface area (Å²) < 4.78 is 5.23. The van der Waals surface area contributed by atoms with E-state index in [0.717, 1.165) is 16.8 Å². The Labute approximate surface area is 71.6 Å². The fourth-order valence-corrected chi connectivity index (χ4v) is 1.24. The predicted octanol–water partition coefficient (Wildman–Crippen LogP) is 1.50. The Bertz CT molecular complexity index is 333. The molecule has 1 aromatic rings. The van der Waals surface area contributed by atoms with Gasteiger partial charge < -0.3 is 9.68 Å². The Balaban J connectivity index is 2.49. The Morgan fingerprint density at radius 3 is 2.92 bits per heavy atom. The van der Waals surface area contributed by atoms with Crippen molar-refractivity contribution in [1.29, 1.82) is 0 Å². The van der Waals surface area contributed by atoms with Crippen molar-refractivity contribution >= 4 is 13.2 Å². The highest BCUT2D eigenvalue weighted by molar-refractivity contribution is 6.54. The molecule has 2 nitrogen and oxygen atoms in total. The van der Waals surface area contributed by atoms with Gasteiger partial charge in [0.15, 0.2) is 0 Å². The van der Waals surface area contributed by atoms with Gasteiger partial charge >= 0.3 is 7.12 Å². The van der Waals surface area contributed by atoms with Crippen LogP contribution in [0.4, 0.5) is 0 Å². The molecule has 0 atom stereocenters. The monoisotopic (exact) mass is 160 g/mol. The highest BCUT2D eigenvalue weighted by Gasteiger charge is 2.23. The average molecular weight is 160 g/mol. The highest BCUT2D eigenvalue weighted by Crippen LogP contribution is 2.26. The van der Waals surface area contributed by atoms with Crippen molar-refractivity contribution < 1.29 is 9.68 Å². The van der Waals surface area contributed by atoms with Gasteiger partial charge in [0.25, 0.3) is 0 Å². The first-order valence-electron chi connectivity index (χ1n) is 3.89. The fourth-order valence-electron chi connectivity index (χ4n) is 1.24. The molecule has 0 aliphatic carbocycles. The van der Waals surface area contributed by atoms with Crippen LogP contribution in [0.2, 0.25) is 0 Å². The number of allylic oxidation sites excluding steroid dienone is 1. The van der Waals surface area contributed by atoms with E-state index in [4.69, 9.17) is 4.65 Å². The van der Waals surface area contributed by atoms with Gasteiger partial charge in [0.1, 0.15) is 5.75 Å². The smallest absolute Gasteiger partial charge is 0.532 e. The van der Waals surface area contributed by atoms with E-state index in [1.165, 1.54) is 0 Å². The summed E-state index contributed by atoms with van der Waals surface area (Å²) in [5, 5.41) is 9.33. The largest absolute Gasteiger partial charge is 0.555 e. The van der Waals surface area contributed by atoms with E-state index in [0.29, 0.717) is 0 Å². The molecule has 1 aliphatic rings. The molecule has 1 aromatic carbocycles. The summed E-state index contributed by atoms with van der Waals surface area (Å²) in [6, 6.07) is 7.65. The third-order valence-electron chi connectivity index (χ3n) is 1.93. The predicted molar refractivity (Wildman–Crippen MR) is 48.7 cm³/mol. The number of hydrogen-bond acceptors (Lipinski definition) is 2.